The van der Waals surface area contributed by atoms with Gasteiger partial charge in [0.15, 0.2) is 0 Å². The Morgan fingerprint density at radius 2 is 1.95 bits per heavy atom. The number of amides is 2. The molecule has 20 heavy (non-hydrogen) atoms. The minimum absolute atomic E-state index is 0.0771. The van der Waals surface area contributed by atoms with E-state index < -0.39 is 0 Å². The second-order valence-corrected chi connectivity index (χ2v) is 5.44. The van der Waals surface area contributed by atoms with Crippen molar-refractivity contribution in [2.75, 3.05) is 19.4 Å². The third kappa shape index (κ3) is 2.99. The number of carbonyl (C=O) groups excluding carboxylic acids is 2. The number of benzene rings is 1. The number of hydrogen-bond donors (Lipinski definition) is 2. The molecule has 1 aliphatic rings. The normalized spacial score (nSPS) is 21.6. The molecule has 1 aromatic rings. The van der Waals surface area contributed by atoms with E-state index in [1.807, 2.05) is 0 Å². The average Bonchev–Trinajstić information content (AvgIpc) is 2.84. The molecule has 1 fully saturated rings. The van der Waals surface area contributed by atoms with Gasteiger partial charge in [-0.3, -0.25) is 9.59 Å². The molecule has 2 unspecified atom stereocenters. The molecule has 2 rings (SSSR count). The number of rotatable bonds is 3. The maximum absolute atomic E-state index is 12.3. The van der Waals surface area contributed by atoms with Crippen molar-refractivity contribution in [3.8, 4) is 0 Å². The van der Waals surface area contributed by atoms with E-state index in [1.165, 1.54) is 4.90 Å². The van der Waals surface area contributed by atoms with E-state index >= 15 is 0 Å². The average molecular weight is 275 g/mol. The summed E-state index contributed by atoms with van der Waals surface area (Å²) in [5.41, 5.74) is 6.99. The fourth-order valence-electron chi connectivity index (χ4n) is 2.56. The van der Waals surface area contributed by atoms with Crippen molar-refractivity contribution in [2.24, 2.45) is 11.7 Å². The summed E-state index contributed by atoms with van der Waals surface area (Å²) in [5, 5.41) is 2.85. The zero-order chi connectivity index (χ0) is 14.7. The first-order valence-corrected chi connectivity index (χ1v) is 6.88. The Morgan fingerprint density at radius 1 is 1.25 bits per heavy atom. The molecule has 3 N–H and O–H groups in total. The molecule has 5 nitrogen and oxygen atoms in total. The maximum atomic E-state index is 12.3. The van der Waals surface area contributed by atoms with Crippen LogP contribution in [-0.2, 0) is 4.79 Å². The smallest absolute Gasteiger partial charge is 0.255 e. The molecule has 5 heteroatoms. The van der Waals surface area contributed by atoms with Crippen molar-refractivity contribution in [3.63, 3.8) is 0 Å². The molecule has 0 heterocycles. The fraction of sp³-hybridized carbons (Fsp3) is 0.467. The predicted molar refractivity (Wildman–Crippen MR) is 78.4 cm³/mol. The first kappa shape index (κ1) is 14.5. The highest BCUT2D eigenvalue weighted by atomic mass is 16.2. The van der Waals surface area contributed by atoms with Crippen LogP contribution in [0.1, 0.15) is 29.6 Å². The zero-order valence-electron chi connectivity index (χ0n) is 11.9. The molecule has 0 bridgehead atoms. The van der Waals surface area contributed by atoms with Gasteiger partial charge < -0.3 is 16.0 Å². The Hall–Kier alpha value is -1.88. The minimum atomic E-state index is -0.155. The van der Waals surface area contributed by atoms with E-state index in [1.54, 1.807) is 38.4 Å². The number of nitrogens with two attached hydrogens (primary N) is 1. The molecule has 0 spiro atoms. The van der Waals surface area contributed by atoms with Gasteiger partial charge in [0.1, 0.15) is 0 Å². The lowest BCUT2D eigenvalue weighted by molar-refractivity contribution is -0.120. The molecular weight excluding hydrogens is 254 g/mol. The highest BCUT2D eigenvalue weighted by Gasteiger charge is 2.30. The highest BCUT2D eigenvalue weighted by Crippen LogP contribution is 2.26. The Kier molecular flexibility index (Phi) is 4.39. The van der Waals surface area contributed by atoms with Gasteiger partial charge in [-0.2, -0.15) is 0 Å². The van der Waals surface area contributed by atoms with Crippen LogP contribution in [0.5, 0.6) is 0 Å². The van der Waals surface area contributed by atoms with Crippen LogP contribution in [-0.4, -0.2) is 36.9 Å². The molecule has 2 atom stereocenters. The molecule has 1 aliphatic carbocycles. The van der Waals surface area contributed by atoms with Gasteiger partial charge in [0.25, 0.3) is 5.91 Å². The summed E-state index contributed by atoms with van der Waals surface area (Å²) in [6, 6.07) is 6.97. The number of nitrogens with one attached hydrogen (secondary N) is 1. The van der Waals surface area contributed by atoms with Gasteiger partial charge in [-0.25, -0.2) is 0 Å². The zero-order valence-corrected chi connectivity index (χ0v) is 11.9. The Bertz CT molecular complexity index is 514. The van der Waals surface area contributed by atoms with Crippen LogP contribution in [0.2, 0.25) is 0 Å². The van der Waals surface area contributed by atoms with E-state index in [0.717, 1.165) is 19.3 Å². The van der Waals surface area contributed by atoms with Crippen LogP contribution in [0, 0.1) is 5.92 Å². The molecule has 2 amide bonds. The lowest BCUT2D eigenvalue weighted by Crippen LogP contribution is -2.35. The first-order valence-electron chi connectivity index (χ1n) is 6.88. The Morgan fingerprint density at radius 3 is 2.55 bits per heavy atom. The third-order valence-corrected chi connectivity index (χ3v) is 3.73. The molecule has 0 radical (unpaired) electrons. The van der Waals surface area contributed by atoms with E-state index in [9.17, 15) is 9.59 Å². The van der Waals surface area contributed by atoms with Crippen molar-refractivity contribution in [3.05, 3.63) is 29.8 Å². The molecule has 108 valence electrons. The van der Waals surface area contributed by atoms with Gasteiger partial charge in [0, 0.05) is 20.1 Å². The van der Waals surface area contributed by atoms with Crippen molar-refractivity contribution in [1.29, 1.82) is 0 Å². The van der Waals surface area contributed by atoms with E-state index in [4.69, 9.17) is 5.73 Å². The summed E-state index contributed by atoms with van der Waals surface area (Å²) in [7, 11) is 3.38. The monoisotopic (exact) mass is 275 g/mol. The van der Waals surface area contributed by atoms with Crippen LogP contribution >= 0.6 is 0 Å². The Labute approximate surface area is 119 Å². The van der Waals surface area contributed by atoms with Crippen LogP contribution in [0.3, 0.4) is 0 Å². The molecule has 1 saturated carbocycles. The largest absolute Gasteiger partial charge is 0.345 e. The molecule has 0 saturated heterocycles. The maximum Gasteiger partial charge on any atom is 0.255 e. The van der Waals surface area contributed by atoms with Gasteiger partial charge in [-0.1, -0.05) is 18.6 Å². The summed E-state index contributed by atoms with van der Waals surface area (Å²) in [5.74, 6) is -0.372. The lowest BCUT2D eigenvalue weighted by atomic mass is 10.0. The number of anilines is 1. The van der Waals surface area contributed by atoms with Crippen LogP contribution in [0.15, 0.2) is 24.3 Å². The highest BCUT2D eigenvalue weighted by molar-refractivity contribution is 6.04. The molecule has 0 aliphatic heterocycles. The topological polar surface area (TPSA) is 75.4 Å². The quantitative estimate of drug-likeness (QED) is 0.876. The van der Waals surface area contributed by atoms with E-state index in [-0.39, 0.29) is 23.8 Å². The number of carbonyl (C=O) groups is 2. The van der Waals surface area contributed by atoms with Crippen molar-refractivity contribution >= 4 is 17.5 Å². The second kappa shape index (κ2) is 6.05. The molecule has 0 aromatic heterocycles. The van der Waals surface area contributed by atoms with Crippen molar-refractivity contribution in [1.82, 2.24) is 4.90 Å². The van der Waals surface area contributed by atoms with Gasteiger partial charge >= 0.3 is 0 Å². The summed E-state index contributed by atoms with van der Waals surface area (Å²) in [6.45, 7) is 0. The van der Waals surface area contributed by atoms with E-state index in [2.05, 4.69) is 5.32 Å². The summed E-state index contributed by atoms with van der Waals surface area (Å²) < 4.78 is 0. The standard InChI is InChI=1S/C15H21N3O2/c1-18(2)15(20)11-6-3-4-9-13(11)17-14(19)10-7-5-8-12(10)16/h3-4,6,9-10,12H,5,7-8,16H2,1-2H3,(H,17,19). The minimum Gasteiger partial charge on any atom is -0.345 e. The predicted octanol–water partition coefficient (Wildman–Crippen LogP) is 1.45. The molecule has 1 aromatic carbocycles. The Balaban J connectivity index is 2.17. The van der Waals surface area contributed by atoms with Gasteiger partial charge in [-0.05, 0) is 25.0 Å². The molecular formula is C15H21N3O2. The summed E-state index contributed by atoms with van der Waals surface area (Å²) in [6.07, 6.45) is 2.69. The fourth-order valence-corrected chi connectivity index (χ4v) is 2.56. The van der Waals surface area contributed by atoms with E-state index in [0.29, 0.717) is 11.3 Å². The van der Waals surface area contributed by atoms with Crippen LogP contribution in [0.4, 0.5) is 5.69 Å². The van der Waals surface area contributed by atoms with Crippen molar-refractivity contribution < 1.29 is 9.59 Å². The number of nitrogens with zero attached hydrogens (tertiary/aromatic N) is 1. The van der Waals surface area contributed by atoms with Gasteiger partial charge in [0.05, 0.1) is 17.2 Å². The summed E-state index contributed by atoms with van der Waals surface area (Å²) >= 11 is 0. The number of hydrogen-bond acceptors (Lipinski definition) is 3. The first-order chi connectivity index (χ1) is 9.50. The number of para-hydroxylation sites is 1. The lowest BCUT2D eigenvalue weighted by Gasteiger charge is -2.18. The summed E-state index contributed by atoms with van der Waals surface area (Å²) in [4.78, 5) is 25.8. The van der Waals surface area contributed by atoms with Gasteiger partial charge in [0.2, 0.25) is 5.91 Å². The SMILES string of the molecule is CN(C)C(=O)c1ccccc1NC(=O)C1CCCC1N. The van der Waals surface area contributed by atoms with Crippen LogP contribution in [0.25, 0.3) is 0 Å². The third-order valence-electron chi connectivity index (χ3n) is 3.73. The van der Waals surface area contributed by atoms with Crippen molar-refractivity contribution in [2.45, 2.75) is 25.3 Å². The van der Waals surface area contributed by atoms with Crippen LogP contribution < -0.4 is 11.1 Å². The second-order valence-electron chi connectivity index (χ2n) is 5.44. The van der Waals surface area contributed by atoms with Gasteiger partial charge in [-0.15, -0.1) is 0 Å².